The maximum atomic E-state index is 12.7. The van der Waals surface area contributed by atoms with Crippen LogP contribution in [-0.2, 0) is 14.8 Å². The second-order valence-electron chi connectivity index (χ2n) is 5.95. The van der Waals surface area contributed by atoms with Gasteiger partial charge in [0.05, 0.1) is 11.5 Å². The minimum Gasteiger partial charge on any atom is -0.494 e. The van der Waals surface area contributed by atoms with Gasteiger partial charge in [-0.15, -0.1) is 0 Å². The molecule has 0 saturated carbocycles. The van der Waals surface area contributed by atoms with E-state index in [1.54, 1.807) is 24.3 Å². The zero-order valence-corrected chi connectivity index (χ0v) is 13.4. The molecular weight excluding hydrogens is 304 g/mol. The molecule has 22 heavy (non-hydrogen) atoms. The van der Waals surface area contributed by atoms with Crippen LogP contribution in [0, 0.1) is 5.41 Å². The van der Waals surface area contributed by atoms with E-state index >= 15 is 0 Å². The van der Waals surface area contributed by atoms with Crippen LogP contribution in [0.15, 0.2) is 29.2 Å². The Balaban J connectivity index is 1.77. The molecule has 2 fully saturated rings. The van der Waals surface area contributed by atoms with Gasteiger partial charge in [0.25, 0.3) is 0 Å². The molecular formula is C15H20N2O4S. The Kier molecular flexibility index (Phi) is 3.86. The lowest BCUT2D eigenvalue weighted by Gasteiger charge is -2.21. The van der Waals surface area contributed by atoms with Gasteiger partial charge >= 0.3 is 0 Å². The molecule has 0 aliphatic carbocycles. The molecule has 1 N–H and O–H groups in total. The molecule has 3 rings (SSSR count). The number of amides is 1. The molecule has 1 unspecified atom stereocenters. The van der Waals surface area contributed by atoms with Crippen molar-refractivity contribution in [2.45, 2.75) is 24.7 Å². The predicted octanol–water partition coefficient (Wildman–Crippen LogP) is 0.986. The van der Waals surface area contributed by atoms with Crippen molar-refractivity contribution in [1.82, 2.24) is 9.62 Å². The van der Waals surface area contributed by atoms with E-state index in [-0.39, 0.29) is 16.2 Å². The lowest BCUT2D eigenvalue weighted by atomic mass is 9.86. The molecule has 120 valence electrons. The first kappa shape index (κ1) is 15.3. The van der Waals surface area contributed by atoms with Gasteiger partial charge in [-0.3, -0.25) is 4.79 Å². The molecule has 6 nitrogen and oxygen atoms in total. The average molecular weight is 324 g/mol. The fraction of sp³-hybridized carbons (Fsp3) is 0.533. The normalized spacial score (nSPS) is 25.6. The summed E-state index contributed by atoms with van der Waals surface area (Å²) >= 11 is 0. The summed E-state index contributed by atoms with van der Waals surface area (Å²) in [6, 6.07) is 6.48. The second kappa shape index (κ2) is 5.55. The Hall–Kier alpha value is -1.60. The minimum atomic E-state index is -3.51. The third-order valence-corrected chi connectivity index (χ3v) is 6.23. The van der Waals surface area contributed by atoms with E-state index in [2.05, 4.69) is 5.32 Å². The number of hydrogen-bond acceptors (Lipinski definition) is 4. The van der Waals surface area contributed by atoms with Gasteiger partial charge in [0.2, 0.25) is 15.9 Å². The topological polar surface area (TPSA) is 75.7 Å². The number of hydrogen-bond donors (Lipinski definition) is 1. The highest BCUT2D eigenvalue weighted by molar-refractivity contribution is 7.89. The van der Waals surface area contributed by atoms with Gasteiger partial charge in [0, 0.05) is 31.5 Å². The zero-order valence-electron chi connectivity index (χ0n) is 12.5. The Morgan fingerprint density at radius 3 is 2.64 bits per heavy atom. The molecule has 7 heteroatoms. The number of carbonyl (C=O) groups excluding carboxylic acids is 1. The highest BCUT2D eigenvalue weighted by atomic mass is 32.2. The number of nitrogens with one attached hydrogen (secondary N) is 1. The third-order valence-electron chi connectivity index (χ3n) is 4.37. The van der Waals surface area contributed by atoms with Crippen LogP contribution in [-0.4, -0.2) is 44.9 Å². The Bertz CT molecular complexity index is 671. The van der Waals surface area contributed by atoms with E-state index < -0.39 is 10.0 Å². The van der Waals surface area contributed by atoms with Crippen LogP contribution in [0.1, 0.15) is 19.8 Å². The Morgan fingerprint density at radius 2 is 2.05 bits per heavy atom. The zero-order chi connectivity index (χ0) is 15.8. The summed E-state index contributed by atoms with van der Waals surface area (Å²) in [5.41, 5.74) is -0.227. The molecule has 0 bridgehead atoms. The SMILES string of the molecule is CCOc1ccc(S(=O)(=O)N2CCC3(CNC(=O)C3)C2)cc1. The van der Waals surface area contributed by atoms with E-state index in [4.69, 9.17) is 4.74 Å². The lowest BCUT2D eigenvalue weighted by molar-refractivity contribution is -0.119. The monoisotopic (exact) mass is 324 g/mol. The van der Waals surface area contributed by atoms with Crippen molar-refractivity contribution in [3.63, 3.8) is 0 Å². The molecule has 1 spiro atoms. The second-order valence-corrected chi connectivity index (χ2v) is 7.88. The van der Waals surface area contributed by atoms with Crippen LogP contribution >= 0.6 is 0 Å². The molecule has 0 aromatic heterocycles. The van der Waals surface area contributed by atoms with Crippen LogP contribution in [0.3, 0.4) is 0 Å². The molecule has 1 atom stereocenters. The molecule has 0 radical (unpaired) electrons. The third kappa shape index (κ3) is 2.70. The maximum absolute atomic E-state index is 12.7. The molecule has 2 aliphatic heterocycles. The first-order chi connectivity index (χ1) is 10.5. The summed E-state index contributed by atoms with van der Waals surface area (Å²) < 4.78 is 32.2. The summed E-state index contributed by atoms with van der Waals surface area (Å²) in [7, 11) is -3.51. The van der Waals surface area contributed by atoms with Gasteiger partial charge in [0.15, 0.2) is 0 Å². The smallest absolute Gasteiger partial charge is 0.243 e. The van der Waals surface area contributed by atoms with Crippen molar-refractivity contribution in [1.29, 1.82) is 0 Å². The number of carbonyl (C=O) groups is 1. The Labute approximate surface area is 130 Å². The maximum Gasteiger partial charge on any atom is 0.243 e. The van der Waals surface area contributed by atoms with Gasteiger partial charge < -0.3 is 10.1 Å². The summed E-state index contributed by atoms with van der Waals surface area (Å²) in [6.45, 7) is 3.86. The molecule has 2 saturated heterocycles. The number of rotatable bonds is 4. The lowest BCUT2D eigenvalue weighted by Crippen LogP contribution is -2.33. The van der Waals surface area contributed by atoms with Gasteiger partial charge in [-0.1, -0.05) is 0 Å². The quantitative estimate of drug-likeness (QED) is 0.896. The van der Waals surface area contributed by atoms with Crippen molar-refractivity contribution in [2.24, 2.45) is 5.41 Å². The van der Waals surface area contributed by atoms with Crippen LogP contribution in [0.2, 0.25) is 0 Å². The summed E-state index contributed by atoms with van der Waals surface area (Å²) in [4.78, 5) is 11.7. The highest BCUT2D eigenvalue weighted by Crippen LogP contribution is 2.38. The van der Waals surface area contributed by atoms with Gasteiger partial charge in [-0.05, 0) is 37.6 Å². The minimum absolute atomic E-state index is 0.0142. The van der Waals surface area contributed by atoms with Crippen molar-refractivity contribution in [3.05, 3.63) is 24.3 Å². The molecule has 2 aliphatic rings. The van der Waals surface area contributed by atoms with Gasteiger partial charge in [-0.2, -0.15) is 4.31 Å². The standard InChI is InChI=1S/C15H20N2O4S/c1-2-21-12-3-5-13(6-4-12)22(19,20)17-8-7-15(11-17)9-14(18)16-10-15/h3-6H,2,7-11H2,1H3,(H,16,18). The molecule has 1 aromatic rings. The van der Waals surface area contributed by atoms with E-state index in [1.165, 1.54) is 4.31 Å². The van der Waals surface area contributed by atoms with E-state index in [1.807, 2.05) is 6.92 Å². The van der Waals surface area contributed by atoms with Crippen molar-refractivity contribution in [2.75, 3.05) is 26.2 Å². The average Bonchev–Trinajstić information content (AvgIpc) is 3.07. The highest BCUT2D eigenvalue weighted by Gasteiger charge is 2.47. The summed E-state index contributed by atoms with van der Waals surface area (Å²) in [5.74, 6) is 0.672. The fourth-order valence-electron chi connectivity index (χ4n) is 3.16. The van der Waals surface area contributed by atoms with Crippen LogP contribution in [0.25, 0.3) is 0 Å². The van der Waals surface area contributed by atoms with Crippen LogP contribution in [0.5, 0.6) is 5.75 Å². The van der Waals surface area contributed by atoms with Crippen molar-refractivity contribution in [3.8, 4) is 5.75 Å². The van der Waals surface area contributed by atoms with Crippen molar-refractivity contribution < 1.29 is 17.9 Å². The van der Waals surface area contributed by atoms with Gasteiger partial charge in [0.1, 0.15) is 5.75 Å². The molecule has 2 heterocycles. The first-order valence-electron chi connectivity index (χ1n) is 7.45. The fourth-order valence-corrected chi connectivity index (χ4v) is 4.72. The van der Waals surface area contributed by atoms with E-state index in [0.29, 0.717) is 38.4 Å². The summed E-state index contributed by atoms with van der Waals surface area (Å²) in [6.07, 6.45) is 1.14. The molecule has 1 amide bonds. The van der Waals surface area contributed by atoms with Crippen LogP contribution in [0.4, 0.5) is 0 Å². The predicted molar refractivity (Wildman–Crippen MR) is 81.0 cm³/mol. The first-order valence-corrected chi connectivity index (χ1v) is 8.89. The summed E-state index contributed by atoms with van der Waals surface area (Å²) in [5, 5.41) is 2.81. The van der Waals surface area contributed by atoms with E-state index in [9.17, 15) is 13.2 Å². The van der Waals surface area contributed by atoms with E-state index in [0.717, 1.165) is 6.42 Å². The Morgan fingerprint density at radius 1 is 1.32 bits per heavy atom. The van der Waals surface area contributed by atoms with Crippen LogP contribution < -0.4 is 10.1 Å². The largest absolute Gasteiger partial charge is 0.494 e. The number of ether oxygens (including phenoxy) is 1. The van der Waals surface area contributed by atoms with Gasteiger partial charge in [-0.25, -0.2) is 8.42 Å². The molecule has 1 aromatic carbocycles. The number of nitrogens with zero attached hydrogens (tertiary/aromatic N) is 1. The number of benzene rings is 1. The number of sulfonamides is 1. The van der Waals surface area contributed by atoms with Crippen molar-refractivity contribution >= 4 is 15.9 Å².